The molecule has 1 aliphatic carbocycles. The number of β-amino-alcohol motifs (C(OH)–C–C–N with tert-alkyl or cyclic N) is 1. The lowest BCUT2D eigenvalue weighted by Crippen LogP contribution is -2.30. The van der Waals surface area contributed by atoms with E-state index in [1.165, 1.54) is 0 Å². The first-order valence-electron chi connectivity index (χ1n) is 10.3. The van der Waals surface area contributed by atoms with E-state index in [9.17, 15) is 9.90 Å². The van der Waals surface area contributed by atoms with Crippen molar-refractivity contribution in [3.8, 4) is 17.5 Å². The maximum atomic E-state index is 12.4. The molecular weight excluding hydrogens is 392 g/mol. The van der Waals surface area contributed by atoms with Gasteiger partial charge in [-0.05, 0) is 55.2 Å². The summed E-state index contributed by atoms with van der Waals surface area (Å²) in [4.78, 5) is 18.7. The number of aromatic nitrogens is 2. The number of benzene rings is 1. The van der Waals surface area contributed by atoms with Gasteiger partial charge in [0, 0.05) is 36.1 Å². The summed E-state index contributed by atoms with van der Waals surface area (Å²) in [6, 6.07) is 9.07. The van der Waals surface area contributed by atoms with Gasteiger partial charge in [-0.25, -0.2) is 0 Å². The normalized spacial score (nSPS) is 22.7. The molecule has 158 valence electrons. The zero-order valence-electron chi connectivity index (χ0n) is 17.5. The molecule has 7 nitrogen and oxygen atoms in total. The van der Waals surface area contributed by atoms with Crippen LogP contribution < -0.4 is 0 Å². The zero-order valence-corrected chi connectivity index (χ0v) is 17.5. The monoisotopic (exact) mass is 416 g/mol. The maximum absolute atomic E-state index is 12.4. The number of amides is 1. The molecule has 2 fully saturated rings. The number of nitriles is 1. The van der Waals surface area contributed by atoms with E-state index < -0.39 is 0 Å². The van der Waals surface area contributed by atoms with Crippen LogP contribution in [0.2, 0.25) is 0 Å². The van der Waals surface area contributed by atoms with E-state index in [1.807, 2.05) is 19.1 Å². The fraction of sp³-hybridized carbons (Fsp3) is 0.333. The number of aliphatic hydroxyl groups excluding tert-OH is 1. The van der Waals surface area contributed by atoms with Crippen LogP contribution in [0.5, 0.6) is 0 Å². The third-order valence-corrected chi connectivity index (χ3v) is 6.15. The first kappa shape index (κ1) is 20.8. The molecule has 1 atom stereocenters. The summed E-state index contributed by atoms with van der Waals surface area (Å²) in [5.41, 5.74) is 3.84. The lowest BCUT2D eigenvalue weighted by atomic mass is 9.81. The van der Waals surface area contributed by atoms with Crippen LogP contribution >= 0.6 is 0 Å². The summed E-state index contributed by atoms with van der Waals surface area (Å²) in [6.45, 7) is 7.19. The number of nitrogens with zero attached hydrogens (tertiary/aromatic N) is 4. The van der Waals surface area contributed by atoms with Gasteiger partial charge in [0.05, 0.1) is 18.2 Å². The molecule has 0 radical (unpaired) electrons. The molecule has 1 aliphatic heterocycles. The van der Waals surface area contributed by atoms with Crippen LogP contribution in [-0.4, -0.2) is 45.8 Å². The van der Waals surface area contributed by atoms with E-state index in [0.29, 0.717) is 36.8 Å². The van der Waals surface area contributed by atoms with Crippen LogP contribution in [-0.2, 0) is 4.79 Å². The summed E-state index contributed by atoms with van der Waals surface area (Å²) in [6.07, 6.45) is 5.91. The number of allylic oxidation sites excluding steroid dienone is 4. The van der Waals surface area contributed by atoms with E-state index in [-0.39, 0.29) is 17.9 Å². The Balaban J connectivity index is 1.67. The third-order valence-electron chi connectivity index (χ3n) is 6.15. The Kier molecular flexibility index (Phi) is 5.57. The van der Waals surface area contributed by atoms with Crippen molar-refractivity contribution in [2.75, 3.05) is 19.7 Å². The van der Waals surface area contributed by atoms with Gasteiger partial charge in [-0.15, -0.1) is 0 Å². The van der Waals surface area contributed by atoms with Gasteiger partial charge in [-0.1, -0.05) is 23.9 Å². The van der Waals surface area contributed by atoms with E-state index in [4.69, 9.17) is 9.78 Å². The number of rotatable bonds is 5. The standard InChI is InChI=1S/C24H24N4O3/c1-3-4-20(22-26-23(31-27-22)18-7-5-17(14-25)6-8-18)19-9-10-24(16(19)2)13-21(30)28(15-24)11-12-29/h3-8,29H,2,9-13,15H2,1H3/b4-3-,20-19+/t24-/m0/s1. The Bertz CT molecular complexity index is 1120. The molecule has 0 bridgehead atoms. The van der Waals surface area contributed by atoms with Gasteiger partial charge in [-0.2, -0.15) is 10.2 Å². The molecule has 2 heterocycles. The lowest BCUT2D eigenvalue weighted by molar-refractivity contribution is -0.128. The summed E-state index contributed by atoms with van der Waals surface area (Å²) in [5.74, 6) is 0.916. The second-order valence-corrected chi connectivity index (χ2v) is 7.98. The molecule has 2 aliphatic rings. The minimum absolute atomic E-state index is 0.0399. The number of hydrogen-bond donors (Lipinski definition) is 1. The molecule has 1 aromatic heterocycles. The molecule has 1 spiro atoms. The summed E-state index contributed by atoms with van der Waals surface area (Å²) >= 11 is 0. The second kappa shape index (κ2) is 8.32. The van der Waals surface area contributed by atoms with E-state index in [0.717, 1.165) is 35.1 Å². The van der Waals surface area contributed by atoms with Crippen LogP contribution in [0.1, 0.15) is 37.6 Å². The van der Waals surface area contributed by atoms with Gasteiger partial charge in [-0.3, -0.25) is 4.79 Å². The van der Waals surface area contributed by atoms with Crippen molar-refractivity contribution < 1.29 is 14.4 Å². The predicted octanol–water partition coefficient (Wildman–Crippen LogP) is 3.50. The van der Waals surface area contributed by atoms with Gasteiger partial charge < -0.3 is 14.5 Å². The van der Waals surface area contributed by atoms with Crippen molar-refractivity contribution in [1.29, 1.82) is 5.26 Å². The average Bonchev–Trinajstić information content (AvgIpc) is 3.46. The Morgan fingerprint density at radius 2 is 2.19 bits per heavy atom. The predicted molar refractivity (Wildman–Crippen MR) is 115 cm³/mol. The van der Waals surface area contributed by atoms with Crippen molar-refractivity contribution in [1.82, 2.24) is 15.0 Å². The maximum Gasteiger partial charge on any atom is 0.258 e. The zero-order chi connectivity index (χ0) is 22.0. The second-order valence-electron chi connectivity index (χ2n) is 7.98. The Morgan fingerprint density at radius 3 is 2.87 bits per heavy atom. The van der Waals surface area contributed by atoms with Crippen LogP contribution in [0.15, 0.2) is 58.7 Å². The number of likely N-dealkylation sites (tertiary alicyclic amines) is 1. The smallest absolute Gasteiger partial charge is 0.258 e. The Morgan fingerprint density at radius 1 is 1.42 bits per heavy atom. The van der Waals surface area contributed by atoms with Crippen LogP contribution in [0.25, 0.3) is 17.0 Å². The van der Waals surface area contributed by atoms with Crippen molar-refractivity contribution in [2.45, 2.75) is 26.2 Å². The molecule has 1 aromatic carbocycles. The van der Waals surface area contributed by atoms with E-state index in [2.05, 4.69) is 22.8 Å². The van der Waals surface area contributed by atoms with Gasteiger partial charge in [0.15, 0.2) is 0 Å². The van der Waals surface area contributed by atoms with Gasteiger partial charge in [0.1, 0.15) is 0 Å². The number of carbonyl (C=O) groups is 1. The van der Waals surface area contributed by atoms with Gasteiger partial charge >= 0.3 is 0 Å². The molecule has 1 saturated carbocycles. The van der Waals surface area contributed by atoms with Crippen molar-refractivity contribution in [3.05, 3.63) is 65.5 Å². The minimum Gasteiger partial charge on any atom is -0.395 e. The highest BCUT2D eigenvalue weighted by Gasteiger charge is 2.49. The number of carbonyl (C=O) groups excluding carboxylic acids is 1. The first-order chi connectivity index (χ1) is 15.0. The highest BCUT2D eigenvalue weighted by molar-refractivity contribution is 5.83. The molecule has 1 saturated heterocycles. The molecular formula is C24H24N4O3. The molecule has 2 aromatic rings. The fourth-order valence-electron chi connectivity index (χ4n) is 4.50. The molecule has 31 heavy (non-hydrogen) atoms. The third kappa shape index (κ3) is 3.71. The van der Waals surface area contributed by atoms with E-state index >= 15 is 0 Å². The fourth-order valence-corrected chi connectivity index (χ4v) is 4.50. The van der Waals surface area contributed by atoms with Crippen molar-refractivity contribution in [3.63, 3.8) is 0 Å². The average molecular weight is 416 g/mol. The highest BCUT2D eigenvalue weighted by atomic mass is 16.5. The molecule has 4 rings (SSSR count). The van der Waals surface area contributed by atoms with Crippen LogP contribution in [0.4, 0.5) is 0 Å². The summed E-state index contributed by atoms with van der Waals surface area (Å²) in [5, 5.41) is 22.4. The van der Waals surface area contributed by atoms with Crippen molar-refractivity contribution in [2.24, 2.45) is 5.41 Å². The minimum atomic E-state index is -0.298. The quantitative estimate of drug-likeness (QED) is 0.800. The molecule has 0 unspecified atom stereocenters. The number of hydrogen-bond acceptors (Lipinski definition) is 6. The molecule has 1 N–H and O–H groups in total. The largest absolute Gasteiger partial charge is 0.395 e. The van der Waals surface area contributed by atoms with Gasteiger partial charge in [0.25, 0.3) is 5.89 Å². The Labute approximate surface area is 181 Å². The lowest BCUT2D eigenvalue weighted by Gasteiger charge is -2.24. The summed E-state index contributed by atoms with van der Waals surface area (Å²) in [7, 11) is 0. The Hall–Kier alpha value is -3.50. The van der Waals surface area contributed by atoms with Crippen LogP contribution in [0, 0.1) is 16.7 Å². The number of aliphatic hydroxyl groups is 1. The van der Waals surface area contributed by atoms with Crippen molar-refractivity contribution >= 4 is 11.5 Å². The summed E-state index contributed by atoms with van der Waals surface area (Å²) < 4.78 is 5.50. The van der Waals surface area contributed by atoms with Gasteiger partial charge in [0.2, 0.25) is 11.7 Å². The first-order valence-corrected chi connectivity index (χ1v) is 10.3. The highest BCUT2D eigenvalue weighted by Crippen LogP contribution is 2.53. The molecule has 1 amide bonds. The van der Waals surface area contributed by atoms with E-state index in [1.54, 1.807) is 29.2 Å². The SMILES string of the molecule is C=C1/C(=C(\C=C/C)c2noc(-c3ccc(C#N)cc3)n2)CC[C@@]12CC(=O)N(CCO)C2. The molecule has 7 heteroatoms. The topological polar surface area (TPSA) is 103 Å². The van der Waals surface area contributed by atoms with Crippen LogP contribution in [0.3, 0.4) is 0 Å².